The van der Waals surface area contributed by atoms with Crippen LogP contribution >= 0.6 is 0 Å². The summed E-state index contributed by atoms with van der Waals surface area (Å²) in [5.74, 6) is 0.537. The van der Waals surface area contributed by atoms with E-state index in [1.807, 2.05) is 77.9 Å². The molecule has 15 atom stereocenters. The number of carbonyl (C=O) groups is 14. The molecule has 8 aliphatic heterocycles. The zero-order chi connectivity index (χ0) is 105. The van der Waals surface area contributed by atoms with Gasteiger partial charge in [0, 0.05) is 122 Å². The SMILES string of the molecule is COC(=O)CCC(=O)N1CCC[C@H]1C(C)C.COC(=O)C[C@H](C(=O)N1CCC[C@H]1C(C)C)C(C)(C)C.COC(=O)C[C@H](C(=O)N1CCC[C@H]1C(C)C)C(C)C.COC(=O)C[C@H](C(=O)N1CCC[C@H]1C(C)C)C1CCCCC1.COC(=O)C[C@H](C(=O)N1CCC[C@H]1C(C)C)C1CCOCC1.COC(=O)C[C@H](C(=O)N1CCC[C@H]1C(C)C)[C@@H](C)OC.COC(=O)C[C@H](C(=O)N1CCC[C@H]1C(C)C)[C@H](C)OC. The summed E-state index contributed by atoms with van der Waals surface area (Å²) in [6.45, 7) is 50.9. The molecule has 0 aromatic heterocycles. The van der Waals surface area contributed by atoms with Crippen LogP contribution in [0.15, 0.2) is 0 Å². The number of methoxy groups -OCH3 is 9. The maximum atomic E-state index is 13.1. The van der Waals surface area contributed by atoms with Crippen LogP contribution in [0.5, 0.6) is 0 Å². The van der Waals surface area contributed by atoms with Gasteiger partial charge in [0.25, 0.3) is 0 Å². The Labute approximate surface area is 836 Å². The van der Waals surface area contributed by atoms with Crippen LogP contribution in [0.3, 0.4) is 0 Å². The van der Waals surface area contributed by atoms with Gasteiger partial charge >= 0.3 is 41.8 Å². The van der Waals surface area contributed by atoms with Crippen molar-refractivity contribution in [1.82, 2.24) is 34.3 Å². The van der Waals surface area contributed by atoms with Crippen molar-refractivity contribution in [3.05, 3.63) is 0 Å². The number of carbonyl (C=O) groups excluding carboxylic acids is 14. The maximum Gasteiger partial charge on any atom is 0.306 e. The summed E-state index contributed by atoms with van der Waals surface area (Å²) in [5.41, 5.74) is -0.241. The fourth-order valence-corrected chi connectivity index (χ4v) is 21.8. The van der Waals surface area contributed by atoms with Gasteiger partial charge in [-0.15, -0.1) is 0 Å². The Bertz CT molecular complexity index is 3580. The van der Waals surface area contributed by atoms with E-state index in [0.717, 1.165) is 161 Å². The summed E-state index contributed by atoms with van der Waals surface area (Å²) in [5, 5.41) is 0. The summed E-state index contributed by atoms with van der Waals surface area (Å²) >= 11 is 0. The molecule has 9 aliphatic rings. The molecule has 9 rings (SSSR count). The van der Waals surface area contributed by atoms with Crippen molar-refractivity contribution in [2.45, 2.75) is 386 Å². The van der Waals surface area contributed by atoms with E-state index in [1.165, 1.54) is 69.0 Å². The van der Waals surface area contributed by atoms with E-state index in [0.29, 0.717) is 90.8 Å². The molecule has 7 amide bonds. The van der Waals surface area contributed by atoms with Gasteiger partial charge in [0.05, 0.1) is 142 Å². The smallest absolute Gasteiger partial charge is 0.306 e. The van der Waals surface area contributed by atoms with Crippen molar-refractivity contribution in [2.24, 2.45) is 100 Å². The first kappa shape index (κ1) is 126. The Hall–Kier alpha value is -7.54. The van der Waals surface area contributed by atoms with E-state index >= 15 is 0 Å². The highest BCUT2D eigenvalue weighted by molar-refractivity contribution is 5.89. The van der Waals surface area contributed by atoms with Crippen molar-refractivity contribution >= 4 is 83.1 Å². The fraction of sp³-hybridized carbons (Fsp3) is 0.870. The normalized spacial score (nSPS) is 22.3. The van der Waals surface area contributed by atoms with Gasteiger partial charge in [-0.2, -0.15) is 0 Å². The van der Waals surface area contributed by atoms with E-state index < -0.39 is 11.8 Å². The van der Waals surface area contributed by atoms with Crippen molar-refractivity contribution < 1.29 is 114 Å². The summed E-state index contributed by atoms with van der Waals surface area (Å²) in [7, 11) is 12.7. The second-order valence-corrected chi connectivity index (χ2v) is 43.6. The quantitative estimate of drug-likeness (QED) is 0.0420. The van der Waals surface area contributed by atoms with Crippen LogP contribution in [0.25, 0.3) is 0 Å². The van der Waals surface area contributed by atoms with Gasteiger partial charge < -0.3 is 81.7 Å². The molecule has 1 aliphatic carbocycles. The minimum Gasteiger partial charge on any atom is -0.469 e. The molecule has 0 bridgehead atoms. The third-order valence-corrected chi connectivity index (χ3v) is 30.6. The molecule has 0 N–H and O–H groups in total. The highest BCUT2D eigenvalue weighted by Crippen LogP contribution is 2.40. The number of hydrogen-bond acceptors (Lipinski definition) is 24. The van der Waals surface area contributed by atoms with Gasteiger partial charge in [0.15, 0.2) is 0 Å². The Balaban J connectivity index is 0.000000418. The molecule has 0 aromatic carbocycles. The minimum atomic E-state index is -0.466. The molecule has 31 nitrogen and oxygen atoms in total. The van der Waals surface area contributed by atoms with Crippen LogP contribution in [0.4, 0.5) is 0 Å². The Morgan fingerprint density at radius 3 is 0.784 bits per heavy atom. The van der Waals surface area contributed by atoms with Gasteiger partial charge in [-0.1, -0.05) is 151 Å². The molecule has 8 heterocycles. The second kappa shape index (κ2) is 64.3. The molecule has 1 saturated carbocycles. The number of esters is 7. The molecule has 139 heavy (non-hydrogen) atoms. The van der Waals surface area contributed by atoms with Crippen molar-refractivity contribution in [3.63, 3.8) is 0 Å². The monoisotopic (exact) mass is 1970 g/mol. The molecule has 0 radical (unpaired) electrons. The maximum absolute atomic E-state index is 13.1. The largest absolute Gasteiger partial charge is 0.469 e. The van der Waals surface area contributed by atoms with Gasteiger partial charge in [-0.25, -0.2) is 0 Å². The molecule has 31 heteroatoms. The molecule has 0 aromatic rings. The number of ether oxygens (including phenoxy) is 10. The van der Waals surface area contributed by atoms with E-state index in [4.69, 9.17) is 42.6 Å². The van der Waals surface area contributed by atoms with Crippen LogP contribution in [-0.2, 0) is 114 Å². The predicted octanol–water partition coefficient (Wildman–Crippen LogP) is 16.2. The predicted molar refractivity (Wildman–Crippen MR) is 536 cm³/mol. The molecular weight excluding hydrogens is 1780 g/mol. The van der Waals surface area contributed by atoms with Gasteiger partial charge in [0.2, 0.25) is 41.4 Å². The lowest BCUT2D eigenvalue weighted by Gasteiger charge is -2.36. The molecular formula is C108H191N7O24. The van der Waals surface area contributed by atoms with Gasteiger partial charge in [0.1, 0.15) is 0 Å². The third kappa shape index (κ3) is 40.2. The van der Waals surface area contributed by atoms with Crippen LogP contribution in [0, 0.1) is 100 Å². The van der Waals surface area contributed by atoms with Crippen LogP contribution in [-0.4, -0.2) is 295 Å². The van der Waals surface area contributed by atoms with E-state index in [9.17, 15) is 67.1 Å². The lowest BCUT2D eigenvalue weighted by atomic mass is 9.77. The average molecular weight is 1970 g/mol. The van der Waals surface area contributed by atoms with E-state index in [-0.39, 0.29) is 200 Å². The first-order valence-electron chi connectivity index (χ1n) is 52.8. The fourth-order valence-electron chi connectivity index (χ4n) is 21.8. The van der Waals surface area contributed by atoms with Crippen LogP contribution in [0.2, 0.25) is 0 Å². The Morgan fingerprint density at radius 2 is 0.511 bits per heavy atom. The average Bonchev–Trinajstić information content (AvgIpc) is 1.76. The standard InChI is InChI=1S/C18H31NO3.C17H29NO4.C16H29NO3.2C15H27NO4.C15H27NO3.C12H21NO3/c1-13(2)16-10-7-11-19(16)18(21)15(12-17(20)22-3)14-8-5-4-6-9-14;1-12(2)15-5-4-8-18(15)17(20)14(11-16(19)21-3)13-6-9-22-10-7-13;1-11(2)13-8-7-9-17(13)15(19)12(16(3,4)5)10-14(18)20-6;2*1-10(2)13-7-6-8-16(13)15(18)12(11(3)19-4)9-14(17)20-5;1-10(2)12(9-14(17)19-5)15(18)16-8-6-7-13(16)11(3)4;1-9(2)10-5-4-8-13(10)11(14)6-7-12(15)16-3/h13-16H,4-12H2,1-3H3;12-15H,4-11H2,1-3H3;11-13H,7-10H2,1-6H3;2*10-13H,6-9H2,1-5H3;10-13H,6-9H2,1-5H3;9-10H,4-8H2,1-3H3/t15-,16-;14-,15-;12-,13+;11-,12+,13+;11-,12-,13-;12-,13-;10-/m0011000/s1. The summed E-state index contributed by atoms with van der Waals surface area (Å²) in [6, 6.07) is 2.18. The second-order valence-electron chi connectivity index (χ2n) is 43.6. The molecule has 802 valence electrons. The molecule has 0 spiro atoms. The number of nitrogens with zero attached hydrogens (tertiary/aromatic N) is 7. The zero-order valence-electron chi connectivity index (χ0n) is 91.7. The molecule has 0 unspecified atom stereocenters. The minimum absolute atomic E-state index is 0.0148. The van der Waals surface area contributed by atoms with Crippen molar-refractivity contribution in [3.8, 4) is 0 Å². The lowest BCUT2D eigenvalue weighted by Crippen LogP contribution is -2.46. The lowest BCUT2D eigenvalue weighted by molar-refractivity contribution is -0.151. The van der Waals surface area contributed by atoms with Gasteiger partial charge in [-0.3, -0.25) is 67.1 Å². The summed E-state index contributed by atoms with van der Waals surface area (Å²) in [4.78, 5) is 184. The van der Waals surface area contributed by atoms with E-state index in [2.05, 4.69) is 107 Å². The highest BCUT2D eigenvalue weighted by atomic mass is 16.5. The number of amides is 7. The number of hydrogen-bond donors (Lipinski definition) is 0. The van der Waals surface area contributed by atoms with Crippen LogP contribution < -0.4 is 0 Å². The number of likely N-dealkylation sites (tertiary alicyclic amines) is 7. The highest BCUT2D eigenvalue weighted by Gasteiger charge is 2.47. The molecule has 8 saturated heterocycles. The van der Waals surface area contributed by atoms with E-state index in [1.54, 1.807) is 14.2 Å². The first-order valence-corrected chi connectivity index (χ1v) is 52.8. The van der Waals surface area contributed by atoms with Crippen molar-refractivity contribution in [2.75, 3.05) is 123 Å². The summed E-state index contributed by atoms with van der Waals surface area (Å²) < 4.78 is 49.0. The number of rotatable bonds is 35. The molecule has 9 fully saturated rings. The van der Waals surface area contributed by atoms with Crippen molar-refractivity contribution in [1.29, 1.82) is 0 Å². The Kier molecular flexibility index (Phi) is 58.1. The van der Waals surface area contributed by atoms with Gasteiger partial charge in [-0.05, 0) is 194 Å². The summed E-state index contributed by atoms with van der Waals surface area (Å²) in [6.07, 6.45) is 23.2. The van der Waals surface area contributed by atoms with Crippen LogP contribution in [0.1, 0.15) is 332 Å². The first-order chi connectivity index (χ1) is 65.5. The zero-order valence-corrected chi connectivity index (χ0v) is 91.7. The topological polar surface area (TPSA) is 354 Å². The third-order valence-electron chi connectivity index (χ3n) is 30.6. The Morgan fingerprint density at radius 1 is 0.266 bits per heavy atom.